The summed E-state index contributed by atoms with van der Waals surface area (Å²) in [7, 11) is 0. The van der Waals surface area contributed by atoms with Crippen molar-refractivity contribution in [2.45, 2.75) is 59.0 Å². The zero-order valence-electron chi connectivity index (χ0n) is 17.9. The maximum Gasteiger partial charge on any atom is 0.410 e. The summed E-state index contributed by atoms with van der Waals surface area (Å²) in [6, 6.07) is 4.67. The van der Waals surface area contributed by atoms with Gasteiger partial charge in [0.25, 0.3) is 5.89 Å². The molecule has 0 bridgehead atoms. The molecule has 0 saturated carbocycles. The molecule has 2 heterocycles. The number of halogens is 1. The second-order valence-electron chi connectivity index (χ2n) is 7.86. The minimum atomic E-state index is -0.445. The van der Waals surface area contributed by atoms with Crippen LogP contribution in [0.3, 0.4) is 0 Å². The Morgan fingerprint density at radius 3 is 2.73 bits per heavy atom. The van der Waals surface area contributed by atoms with Gasteiger partial charge in [-0.1, -0.05) is 12.1 Å². The summed E-state index contributed by atoms with van der Waals surface area (Å²) in [4.78, 5) is 17.9. The molecule has 1 aromatic carbocycles. The van der Waals surface area contributed by atoms with E-state index in [0.717, 1.165) is 38.8 Å². The largest absolute Gasteiger partial charge is 0.493 e. The molecule has 0 atom stereocenters. The molecule has 1 aliphatic heterocycles. The van der Waals surface area contributed by atoms with Crippen LogP contribution in [-0.4, -0.2) is 46.9 Å². The number of piperidine rings is 1. The highest BCUT2D eigenvalue weighted by molar-refractivity contribution is 5.67. The van der Waals surface area contributed by atoms with Gasteiger partial charge in [-0.05, 0) is 57.6 Å². The smallest absolute Gasteiger partial charge is 0.410 e. The Balaban J connectivity index is 1.39. The number of benzene rings is 1. The van der Waals surface area contributed by atoms with E-state index in [9.17, 15) is 9.18 Å². The number of carbonyl (C=O) groups is 1. The number of rotatable bonds is 8. The van der Waals surface area contributed by atoms with Crippen molar-refractivity contribution in [3.63, 3.8) is 0 Å². The van der Waals surface area contributed by atoms with E-state index in [4.69, 9.17) is 14.0 Å². The first kappa shape index (κ1) is 22.1. The lowest BCUT2D eigenvalue weighted by molar-refractivity contribution is 0.0643. The second kappa shape index (κ2) is 10.4. The summed E-state index contributed by atoms with van der Waals surface area (Å²) in [6.45, 7) is 7.62. The van der Waals surface area contributed by atoms with Gasteiger partial charge in [-0.2, -0.15) is 4.98 Å². The zero-order valence-corrected chi connectivity index (χ0v) is 17.9. The standard InChI is InChI=1S/C22H30FN3O4/c1-4-20-24-21(30-25-20)18-8-7-17(14-19(18)23)28-13-5-6-16-9-11-26(12-10-16)22(27)29-15(2)3/h7-8,14-16H,4-6,9-13H2,1-3H3. The Morgan fingerprint density at radius 1 is 1.33 bits per heavy atom. The van der Waals surface area contributed by atoms with Crippen LogP contribution in [0.15, 0.2) is 22.7 Å². The van der Waals surface area contributed by atoms with Crippen molar-refractivity contribution in [1.82, 2.24) is 15.0 Å². The molecule has 1 fully saturated rings. The van der Waals surface area contributed by atoms with Crippen LogP contribution in [0.5, 0.6) is 5.75 Å². The molecule has 2 aromatic rings. The van der Waals surface area contributed by atoms with Gasteiger partial charge in [-0.15, -0.1) is 0 Å². The summed E-state index contributed by atoms with van der Waals surface area (Å²) < 4.78 is 30.4. The fourth-order valence-corrected chi connectivity index (χ4v) is 3.51. The molecule has 0 unspecified atom stereocenters. The fraction of sp³-hybridized carbons (Fsp3) is 0.591. The molecule has 0 aliphatic carbocycles. The number of likely N-dealkylation sites (tertiary alicyclic amines) is 1. The second-order valence-corrected chi connectivity index (χ2v) is 7.86. The van der Waals surface area contributed by atoms with Gasteiger partial charge >= 0.3 is 6.09 Å². The molecule has 0 spiro atoms. The first-order valence-corrected chi connectivity index (χ1v) is 10.7. The lowest BCUT2D eigenvalue weighted by atomic mass is 9.92. The van der Waals surface area contributed by atoms with Crippen molar-refractivity contribution in [3.8, 4) is 17.2 Å². The first-order chi connectivity index (χ1) is 14.5. The summed E-state index contributed by atoms with van der Waals surface area (Å²) in [6.07, 6.45) is 4.17. The van der Waals surface area contributed by atoms with E-state index < -0.39 is 5.82 Å². The van der Waals surface area contributed by atoms with Gasteiger partial charge in [0.2, 0.25) is 0 Å². The minimum Gasteiger partial charge on any atom is -0.493 e. The highest BCUT2D eigenvalue weighted by Gasteiger charge is 2.24. The topological polar surface area (TPSA) is 77.7 Å². The molecule has 30 heavy (non-hydrogen) atoms. The van der Waals surface area contributed by atoms with E-state index in [1.165, 1.54) is 6.07 Å². The van der Waals surface area contributed by atoms with Crippen molar-refractivity contribution < 1.29 is 23.2 Å². The third-order valence-corrected chi connectivity index (χ3v) is 5.19. The molecule has 7 nitrogen and oxygen atoms in total. The van der Waals surface area contributed by atoms with Gasteiger partial charge in [0.05, 0.1) is 18.3 Å². The number of hydrogen-bond acceptors (Lipinski definition) is 6. The molecule has 1 saturated heterocycles. The van der Waals surface area contributed by atoms with Crippen LogP contribution in [-0.2, 0) is 11.2 Å². The SMILES string of the molecule is CCc1noc(-c2ccc(OCCCC3CCN(C(=O)OC(C)C)CC3)cc2F)n1. The fourth-order valence-electron chi connectivity index (χ4n) is 3.51. The first-order valence-electron chi connectivity index (χ1n) is 10.7. The molecular formula is C22H30FN3O4. The van der Waals surface area contributed by atoms with Gasteiger partial charge < -0.3 is 18.9 Å². The molecule has 3 rings (SSSR count). The van der Waals surface area contributed by atoms with E-state index >= 15 is 0 Å². The number of nitrogens with zero attached hydrogens (tertiary/aromatic N) is 3. The third-order valence-electron chi connectivity index (χ3n) is 5.19. The van der Waals surface area contributed by atoms with Crippen LogP contribution in [0.2, 0.25) is 0 Å². The van der Waals surface area contributed by atoms with Gasteiger partial charge in [0.1, 0.15) is 11.6 Å². The average molecular weight is 419 g/mol. The average Bonchev–Trinajstić information content (AvgIpc) is 3.20. The minimum absolute atomic E-state index is 0.0906. The van der Waals surface area contributed by atoms with Crippen molar-refractivity contribution in [2.24, 2.45) is 5.92 Å². The number of hydrogen-bond donors (Lipinski definition) is 0. The molecule has 0 radical (unpaired) electrons. The number of ether oxygens (including phenoxy) is 2. The number of aromatic nitrogens is 2. The van der Waals surface area contributed by atoms with E-state index in [1.54, 1.807) is 17.0 Å². The van der Waals surface area contributed by atoms with Crippen LogP contribution in [0.1, 0.15) is 52.3 Å². The van der Waals surface area contributed by atoms with Gasteiger partial charge in [-0.3, -0.25) is 0 Å². The molecule has 164 valence electrons. The molecule has 1 aromatic heterocycles. The Morgan fingerprint density at radius 2 is 2.10 bits per heavy atom. The highest BCUT2D eigenvalue weighted by atomic mass is 19.1. The molecule has 1 aliphatic rings. The third kappa shape index (κ3) is 5.93. The predicted molar refractivity (Wildman–Crippen MR) is 110 cm³/mol. The Bertz CT molecular complexity index is 832. The molecule has 1 amide bonds. The van der Waals surface area contributed by atoms with Crippen molar-refractivity contribution >= 4 is 6.09 Å². The van der Waals surface area contributed by atoms with Gasteiger partial charge in [0.15, 0.2) is 5.82 Å². The number of carbonyl (C=O) groups excluding carboxylic acids is 1. The Kier molecular flexibility index (Phi) is 7.65. The Hall–Kier alpha value is -2.64. The quantitative estimate of drug-likeness (QED) is 0.569. The monoisotopic (exact) mass is 419 g/mol. The van der Waals surface area contributed by atoms with Crippen LogP contribution in [0.4, 0.5) is 9.18 Å². The molecular weight excluding hydrogens is 389 g/mol. The normalized spacial score (nSPS) is 14.9. The van der Waals surface area contributed by atoms with Crippen molar-refractivity contribution in [1.29, 1.82) is 0 Å². The summed E-state index contributed by atoms with van der Waals surface area (Å²) >= 11 is 0. The molecule has 8 heteroatoms. The van der Waals surface area contributed by atoms with E-state index in [2.05, 4.69) is 10.1 Å². The van der Waals surface area contributed by atoms with E-state index in [0.29, 0.717) is 30.5 Å². The summed E-state index contributed by atoms with van der Waals surface area (Å²) in [5, 5.41) is 3.79. The Labute approximate surface area is 176 Å². The lowest BCUT2D eigenvalue weighted by Crippen LogP contribution is -2.39. The predicted octanol–water partition coefficient (Wildman–Crippen LogP) is 4.85. The number of amides is 1. The van der Waals surface area contributed by atoms with Gasteiger partial charge in [-0.25, -0.2) is 9.18 Å². The zero-order chi connectivity index (χ0) is 21.5. The van der Waals surface area contributed by atoms with Crippen LogP contribution < -0.4 is 4.74 Å². The summed E-state index contributed by atoms with van der Waals surface area (Å²) in [5.74, 6) is 1.34. The highest BCUT2D eigenvalue weighted by Crippen LogP contribution is 2.26. The van der Waals surface area contributed by atoms with E-state index in [-0.39, 0.29) is 23.7 Å². The van der Waals surface area contributed by atoms with Crippen LogP contribution >= 0.6 is 0 Å². The van der Waals surface area contributed by atoms with Crippen LogP contribution in [0.25, 0.3) is 11.5 Å². The number of aryl methyl sites for hydroxylation is 1. The van der Waals surface area contributed by atoms with Gasteiger partial charge in [0, 0.05) is 25.6 Å². The van der Waals surface area contributed by atoms with Crippen LogP contribution in [0, 0.1) is 11.7 Å². The van der Waals surface area contributed by atoms with Crippen molar-refractivity contribution in [3.05, 3.63) is 29.8 Å². The summed E-state index contributed by atoms with van der Waals surface area (Å²) in [5.41, 5.74) is 0.275. The molecule has 0 N–H and O–H groups in total. The maximum absolute atomic E-state index is 14.4. The maximum atomic E-state index is 14.4. The lowest BCUT2D eigenvalue weighted by Gasteiger charge is -2.31. The van der Waals surface area contributed by atoms with E-state index in [1.807, 2.05) is 20.8 Å². The van der Waals surface area contributed by atoms with Crippen molar-refractivity contribution in [2.75, 3.05) is 19.7 Å².